The smallest absolute Gasteiger partial charge is 0.223 e. The molecule has 20 heavy (non-hydrogen) atoms. The molecule has 3 N–H and O–H groups in total. The van der Waals surface area contributed by atoms with Gasteiger partial charge < -0.3 is 11.1 Å². The number of nitrogens with zero attached hydrogens (tertiary/aromatic N) is 3. The number of anilines is 3. The number of nitrogens with two attached hydrogens (primary N) is 1. The molecule has 1 aromatic carbocycles. The fraction of sp³-hybridized carbons (Fsp3) is 0. The number of hydrogen-bond donors (Lipinski definition) is 2. The molecule has 0 spiro atoms. The Bertz CT molecular complexity index is 836. The van der Waals surface area contributed by atoms with E-state index in [9.17, 15) is 0 Å². The second-order valence-corrected chi connectivity index (χ2v) is 5.81. The number of nitriles is 1. The maximum atomic E-state index is 9.15. The Labute approximate surface area is 127 Å². The van der Waals surface area contributed by atoms with Gasteiger partial charge in [-0.05, 0) is 29.6 Å². The first-order chi connectivity index (χ1) is 9.67. The number of rotatable bonds is 2. The highest BCUT2D eigenvalue weighted by molar-refractivity contribution is 9.10. The summed E-state index contributed by atoms with van der Waals surface area (Å²) in [5.41, 5.74) is 6.92. The molecule has 0 amide bonds. The van der Waals surface area contributed by atoms with Crippen LogP contribution in [0, 0.1) is 11.3 Å². The van der Waals surface area contributed by atoms with E-state index in [1.54, 1.807) is 6.07 Å². The Hall–Kier alpha value is -2.17. The van der Waals surface area contributed by atoms with E-state index in [0.29, 0.717) is 17.1 Å². The van der Waals surface area contributed by atoms with Crippen LogP contribution in [0.3, 0.4) is 0 Å². The molecule has 0 atom stereocenters. The third-order valence-corrected chi connectivity index (χ3v) is 4.00. The van der Waals surface area contributed by atoms with Crippen molar-refractivity contribution in [3.63, 3.8) is 0 Å². The lowest BCUT2D eigenvalue weighted by Gasteiger charge is -2.09. The molecule has 3 aromatic rings. The highest BCUT2D eigenvalue weighted by atomic mass is 79.9. The lowest BCUT2D eigenvalue weighted by Crippen LogP contribution is -2.01. The third-order valence-electron chi connectivity index (χ3n) is 2.70. The van der Waals surface area contributed by atoms with E-state index < -0.39 is 0 Å². The van der Waals surface area contributed by atoms with Crippen LogP contribution in [-0.4, -0.2) is 9.97 Å². The number of nitrogen functional groups attached to an aromatic ring is 1. The van der Waals surface area contributed by atoms with Gasteiger partial charge in [0.25, 0.3) is 0 Å². The van der Waals surface area contributed by atoms with Crippen molar-refractivity contribution in [2.24, 2.45) is 0 Å². The molecule has 3 rings (SSSR count). The van der Waals surface area contributed by atoms with Crippen molar-refractivity contribution >= 4 is 54.9 Å². The number of hydrogen-bond acceptors (Lipinski definition) is 6. The number of benzene rings is 1. The molecule has 2 heterocycles. The van der Waals surface area contributed by atoms with Crippen LogP contribution in [0.1, 0.15) is 5.56 Å². The van der Waals surface area contributed by atoms with Crippen molar-refractivity contribution in [3.8, 4) is 6.07 Å². The molecular weight excluding hydrogens is 338 g/mol. The van der Waals surface area contributed by atoms with Crippen LogP contribution in [-0.2, 0) is 0 Å². The molecule has 0 saturated carbocycles. The average Bonchev–Trinajstić information content (AvgIpc) is 2.87. The lowest BCUT2D eigenvalue weighted by atomic mass is 10.2. The van der Waals surface area contributed by atoms with Crippen LogP contribution in [0.25, 0.3) is 10.2 Å². The summed E-state index contributed by atoms with van der Waals surface area (Å²) in [6, 6.07) is 9.45. The lowest BCUT2D eigenvalue weighted by molar-refractivity contribution is 1.24. The van der Waals surface area contributed by atoms with Gasteiger partial charge in [-0.2, -0.15) is 10.2 Å². The number of aromatic nitrogens is 2. The summed E-state index contributed by atoms with van der Waals surface area (Å²) in [5, 5.41) is 15.1. The number of thiophene rings is 1. The zero-order valence-corrected chi connectivity index (χ0v) is 12.5. The molecule has 2 aromatic heterocycles. The SMILES string of the molecule is N#Cc1ccc(Br)cc1Nc1nc(N)nc2sccc12. The summed E-state index contributed by atoms with van der Waals surface area (Å²) in [5.74, 6) is 0.805. The Morgan fingerprint density at radius 2 is 2.15 bits per heavy atom. The number of nitrogens with one attached hydrogen (secondary N) is 1. The molecule has 0 bridgehead atoms. The molecule has 7 heteroatoms. The summed E-state index contributed by atoms with van der Waals surface area (Å²) < 4.78 is 0.877. The third kappa shape index (κ3) is 2.31. The molecule has 0 saturated heterocycles. The van der Waals surface area contributed by atoms with Crippen LogP contribution in [0.2, 0.25) is 0 Å². The maximum Gasteiger partial charge on any atom is 0.223 e. The molecule has 0 aliphatic carbocycles. The Kier molecular flexibility index (Phi) is 3.26. The number of halogens is 1. The molecule has 0 unspecified atom stereocenters. The van der Waals surface area contributed by atoms with Crippen LogP contribution < -0.4 is 11.1 Å². The Morgan fingerprint density at radius 3 is 2.95 bits per heavy atom. The molecule has 0 radical (unpaired) electrons. The van der Waals surface area contributed by atoms with Gasteiger partial charge >= 0.3 is 0 Å². The largest absolute Gasteiger partial charge is 0.368 e. The minimum absolute atomic E-state index is 0.205. The van der Waals surface area contributed by atoms with E-state index in [0.717, 1.165) is 14.7 Å². The topological polar surface area (TPSA) is 87.6 Å². The van der Waals surface area contributed by atoms with Gasteiger partial charge in [0, 0.05) is 4.47 Å². The Morgan fingerprint density at radius 1 is 1.30 bits per heavy atom. The summed E-state index contributed by atoms with van der Waals surface area (Å²) in [6.07, 6.45) is 0. The van der Waals surface area contributed by atoms with Crippen LogP contribution in [0.4, 0.5) is 17.5 Å². The van der Waals surface area contributed by atoms with Crippen molar-refractivity contribution in [2.45, 2.75) is 0 Å². The van der Waals surface area contributed by atoms with E-state index in [1.807, 2.05) is 23.6 Å². The van der Waals surface area contributed by atoms with Gasteiger partial charge in [0.15, 0.2) is 0 Å². The second-order valence-electron chi connectivity index (χ2n) is 4.00. The van der Waals surface area contributed by atoms with Gasteiger partial charge in [-0.15, -0.1) is 11.3 Å². The zero-order valence-electron chi connectivity index (χ0n) is 10.1. The Balaban J connectivity index is 2.12. The van der Waals surface area contributed by atoms with E-state index >= 15 is 0 Å². The minimum Gasteiger partial charge on any atom is -0.368 e. The quantitative estimate of drug-likeness (QED) is 0.739. The van der Waals surface area contributed by atoms with E-state index in [2.05, 4.69) is 37.3 Å². The molecule has 0 aliphatic heterocycles. The molecular formula is C13H8BrN5S. The second kappa shape index (κ2) is 5.07. The fourth-order valence-electron chi connectivity index (χ4n) is 1.81. The van der Waals surface area contributed by atoms with Crippen molar-refractivity contribution < 1.29 is 0 Å². The first-order valence-corrected chi connectivity index (χ1v) is 7.32. The van der Waals surface area contributed by atoms with Crippen molar-refractivity contribution in [3.05, 3.63) is 39.7 Å². The van der Waals surface area contributed by atoms with Gasteiger partial charge in [0.05, 0.1) is 16.6 Å². The van der Waals surface area contributed by atoms with Crippen molar-refractivity contribution in [2.75, 3.05) is 11.1 Å². The normalized spacial score (nSPS) is 10.4. The number of fused-ring (bicyclic) bond motifs is 1. The van der Waals surface area contributed by atoms with E-state index in [4.69, 9.17) is 11.0 Å². The van der Waals surface area contributed by atoms with E-state index in [1.165, 1.54) is 11.3 Å². The van der Waals surface area contributed by atoms with Gasteiger partial charge in [0.2, 0.25) is 5.95 Å². The summed E-state index contributed by atoms with van der Waals surface area (Å²) in [4.78, 5) is 9.19. The summed E-state index contributed by atoms with van der Waals surface area (Å²) in [7, 11) is 0. The summed E-state index contributed by atoms with van der Waals surface area (Å²) >= 11 is 4.88. The van der Waals surface area contributed by atoms with Crippen LogP contribution in [0.5, 0.6) is 0 Å². The van der Waals surface area contributed by atoms with Crippen LogP contribution >= 0.6 is 27.3 Å². The van der Waals surface area contributed by atoms with Crippen LogP contribution in [0.15, 0.2) is 34.1 Å². The first kappa shape index (κ1) is 12.8. The van der Waals surface area contributed by atoms with Gasteiger partial charge in [-0.25, -0.2) is 4.98 Å². The fourth-order valence-corrected chi connectivity index (χ4v) is 2.94. The van der Waals surface area contributed by atoms with E-state index in [-0.39, 0.29) is 5.95 Å². The summed E-state index contributed by atoms with van der Waals surface area (Å²) in [6.45, 7) is 0. The minimum atomic E-state index is 0.205. The van der Waals surface area contributed by atoms with Crippen molar-refractivity contribution in [1.82, 2.24) is 9.97 Å². The first-order valence-electron chi connectivity index (χ1n) is 5.65. The van der Waals surface area contributed by atoms with Crippen molar-refractivity contribution in [1.29, 1.82) is 5.26 Å². The van der Waals surface area contributed by atoms with Gasteiger partial charge in [-0.3, -0.25) is 0 Å². The molecule has 0 aliphatic rings. The standard InChI is InChI=1S/C13H8BrN5S/c14-8-2-1-7(6-15)10(5-8)17-11-9-3-4-20-12(9)19-13(16)18-11/h1-5H,(H3,16,17,18,19). The zero-order chi connectivity index (χ0) is 14.1. The molecule has 0 fully saturated rings. The monoisotopic (exact) mass is 345 g/mol. The average molecular weight is 346 g/mol. The highest BCUT2D eigenvalue weighted by Crippen LogP contribution is 2.30. The maximum absolute atomic E-state index is 9.15. The molecule has 98 valence electrons. The predicted molar refractivity (Wildman–Crippen MR) is 84.0 cm³/mol. The van der Waals surface area contributed by atoms with Gasteiger partial charge in [-0.1, -0.05) is 15.9 Å². The molecule has 5 nitrogen and oxygen atoms in total. The highest BCUT2D eigenvalue weighted by Gasteiger charge is 2.10. The predicted octanol–water partition coefficient (Wildman–Crippen LogP) is 3.65. The van der Waals surface area contributed by atoms with Gasteiger partial charge in [0.1, 0.15) is 16.7 Å².